The third kappa shape index (κ3) is 4.80. The van der Waals surface area contributed by atoms with Gasteiger partial charge in [-0.1, -0.05) is 42.5 Å². The SMILES string of the molecule is CCN(CC)c1ccc(-c2nc3cc(NC(=O)c4ccc(-c5ccccc5)cc4)ccc3o2)cc1. The lowest BCUT2D eigenvalue weighted by Gasteiger charge is -2.20. The molecular weight excluding hydrogens is 434 g/mol. The number of benzene rings is 4. The van der Waals surface area contributed by atoms with Crippen molar-refractivity contribution in [2.24, 2.45) is 0 Å². The van der Waals surface area contributed by atoms with Gasteiger partial charge in [-0.15, -0.1) is 0 Å². The highest BCUT2D eigenvalue weighted by atomic mass is 16.3. The number of nitrogens with one attached hydrogen (secondary N) is 1. The third-order valence-corrected chi connectivity index (χ3v) is 6.14. The van der Waals surface area contributed by atoms with Gasteiger partial charge in [-0.3, -0.25) is 4.79 Å². The maximum atomic E-state index is 12.8. The van der Waals surface area contributed by atoms with Crippen LogP contribution in [0.4, 0.5) is 11.4 Å². The van der Waals surface area contributed by atoms with E-state index in [1.807, 2.05) is 72.8 Å². The van der Waals surface area contributed by atoms with E-state index >= 15 is 0 Å². The minimum Gasteiger partial charge on any atom is -0.436 e. The highest BCUT2D eigenvalue weighted by Crippen LogP contribution is 2.28. The first kappa shape index (κ1) is 22.4. The molecule has 0 bridgehead atoms. The molecule has 0 radical (unpaired) electrons. The normalized spacial score (nSPS) is 10.9. The van der Waals surface area contributed by atoms with Crippen LogP contribution in [0.1, 0.15) is 24.2 Å². The largest absolute Gasteiger partial charge is 0.436 e. The molecule has 0 fully saturated rings. The second-order valence-corrected chi connectivity index (χ2v) is 8.32. The molecule has 1 aromatic heterocycles. The summed E-state index contributed by atoms with van der Waals surface area (Å²) in [4.78, 5) is 19.7. The van der Waals surface area contributed by atoms with Gasteiger partial charge in [0.1, 0.15) is 5.52 Å². The number of carbonyl (C=O) groups is 1. The van der Waals surface area contributed by atoms with E-state index in [2.05, 4.69) is 53.3 Å². The molecule has 5 rings (SSSR count). The van der Waals surface area contributed by atoms with Crippen LogP contribution < -0.4 is 10.2 Å². The van der Waals surface area contributed by atoms with E-state index < -0.39 is 0 Å². The number of oxazole rings is 1. The number of anilines is 2. The monoisotopic (exact) mass is 461 g/mol. The summed E-state index contributed by atoms with van der Waals surface area (Å²) < 4.78 is 5.97. The summed E-state index contributed by atoms with van der Waals surface area (Å²) >= 11 is 0. The minimum absolute atomic E-state index is 0.167. The lowest BCUT2D eigenvalue weighted by Crippen LogP contribution is -2.21. The van der Waals surface area contributed by atoms with Crippen molar-refractivity contribution in [3.8, 4) is 22.6 Å². The maximum Gasteiger partial charge on any atom is 0.255 e. The van der Waals surface area contributed by atoms with Crippen LogP contribution in [0.5, 0.6) is 0 Å². The highest BCUT2D eigenvalue weighted by molar-refractivity contribution is 6.05. The molecule has 0 unspecified atom stereocenters. The second kappa shape index (κ2) is 9.85. The summed E-state index contributed by atoms with van der Waals surface area (Å²) in [5.41, 5.74) is 6.93. The molecule has 0 saturated heterocycles. The standard InChI is InChI=1S/C30H27N3O2/c1-3-33(4-2)26-17-14-24(15-18-26)30-32-27-20-25(16-19-28(27)35-30)31-29(34)23-12-10-22(11-13-23)21-8-6-5-7-9-21/h5-20H,3-4H2,1-2H3,(H,31,34). The van der Waals surface area contributed by atoms with Crippen LogP contribution in [-0.2, 0) is 0 Å². The van der Waals surface area contributed by atoms with Gasteiger partial charge in [0.15, 0.2) is 5.58 Å². The molecule has 174 valence electrons. The molecule has 1 N–H and O–H groups in total. The van der Waals surface area contributed by atoms with Crippen molar-refractivity contribution in [1.82, 2.24) is 4.98 Å². The Morgan fingerprint density at radius 2 is 1.46 bits per heavy atom. The Labute approximate surface area is 205 Å². The molecule has 0 aliphatic heterocycles. The van der Waals surface area contributed by atoms with Crippen molar-refractivity contribution >= 4 is 28.4 Å². The third-order valence-electron chi connectivity index (χ3n) is 6.14. The molecule has 0 aliphatic carbocycles. The fourth-order valence-corrected chi connectivity index (χ4v) is 4.18. The summed E-state index contributed by atoms with van der Waals surface area (Å²) in [5.74, 6) is 0.394. The van der Waals surface area contributed by atoms with Gasteiger partial charge in [-0.05, 0) is 79.6 Å². The Kier molecular flexibility index (Phi) is 6.31. The van der Waals surface area contributed by atoms with E-state index in [9.17, 15) is 4.79 Å². The summed E-state index contributed by atoms with van der Waals surface area (Å²) in [5, 5.41) is 2.97. The van der Waals surface area contributed by atoms with E-state index in [4.69, 9.17) is 4.42 Å². The molecule has 0 saturated carbocycles. The van der Waals surface area contributed by atoms with Gasteiger partial charge in [-0.25, -0.2) is 4.98 Å². The number of fused-ring (bicyclic) bond motifs is 1. The van der Waals surface area contributed by atoms with Crippen molar-refractivity contribution in [3.05, 3.63) is 103 Å². The number of carbonyl (C=O) groups excluding carboxylic acids is 1. The van der Waals surface area contributed by atoms with Crippen molar-refractivity contribution in [2.75, 3.05) is 23.3 Å². The van der Waals surface area contributed by atoms with Crippen molar-refractivity contribution < 1.29 is 9.21 Å². The lowest BCUT2D eigenvalue weighted by molar-refractivity contribution is 0.102. The number of hydrogen-bond donors (Lipinski definition) is 1. The quantitative estimate of drug-likeness (QED) is 0.277. The second-order valence-electron chi connectivity index (χ2n) is 8.32. The fourth-order valence-electron chi connectivity index (χ4n) is 4.18. The average molecular weight is 462 g/mol. The van der Waals surface area contributed by atoms with Crippen LogP contribution in [0.25, 0.3) is 33.7 Å². The van der Waals surface area contributed by atoms with E-state index in [0.29, 0.717) is 28.2 Å². The Hall–Kier alpha value is -4.38. The molecule has 5 nitrogen and oxygen atoms in total. The molecule has 4 aromatic carbocycles. The molecular formula is C30H27N3O2. The van der Waals surface area contributed by atoms with Crippen LogP contribution in [0.3, 0.4) is 0 Å². The maximum absolute atomic E-state index is 12.8. The molecule has 1 amide bonds. The Bertz CT molecular complexity index is 1440. The summed E-state index contributed by atoms with van der Waals surface area (Å²) in [6, 6.07) is 31.4. The van der Waals surface area contributed by atoms with Crippen LogP contribution in [0, 0.1) is 0 Å². The molecule has 35 heavy (non-hydrogen) atoms. The number of rotatable bonds is 7. The van der Waals surface area contributed by atoms with Crippen LogP contribution >= 0.6 is 0 Å². The highest BCUT2D eigenvalue weighted by Gasteiger charge is 2.12. The van der Waals surface area contributed by atoms with Gasteiger partial charge in [0.25, 0.3) is 5.91 Å². The Balaban J connectivity index is 1.31. The molecule has 5 aromatic rings. The first-order valence-corrected chi connectivity index (χ1v) is 11.9. The number of aromatic nitrogens is 1. The minimum atomic E-state index is -0.167. The predicted octanol–water partition coefficient (Wildman–Crippen LogP) is 7.26. The van der Waals surface area contributed by atoms with E-state index in [1.54, 1.807) is 0 Å². The van der Waals surface area contributed by atoms with E-state index in [-0.39, 0.29) is 5.91 Å². The molecule has 0 aliphatic rings. The Morgan fingerprint density at radius 1 is 0.800 bits per heavy atom. The summed E-state index contributed by atoms with van der Waals surface area (Å²) in [6.45, 7) is 6.22. The number of hydrogen-bond acceptors (Lipinski definition) is 4. The van der Waals surface area contributed by atoms with Gasteiger partial charge < -0.3 is 14.6 Å². The first-order valence-electron chi connectivity index (χ1n) is 11.9. The molecule has 0 atom stereocenters. The van der Waals surface area contributed by atoms with Gasteiger partial charge in [0.05, 0.1) is 0 Å². The number of nitrogens with zero attached hydrogens (tertiary/aromatic N) is 2. The predicted molar refractivity (Wildman–Crippen MR) is 143 cm³/mol. The number of amides is 1. The zero-order chi connectivity index (χ0) is 24.2. The van der Waals surface area contributed by atoms with Gasteiger partial charge in [-0.2, -0.15) is 0 Å². The first-order chi connectivity index (χ1) is 17.1. The van der Waals surface area contributed by atoms with Crippen LogP contribution in [-0.4, -0.2) is 24.0 Å². The fraction of sp³-hybridized carbons (Fsp3) is 0.133. The van der Waals surface area contributed by atoms with Crippen LogP contribution in [0.2, 0.25) is 0 Å². The lowest BCUT2D eigenvalue weighted by atomic mass is 10.0. The molecule has 5 heteroatoms. The van der Waals surface area contributed by atoms with E-state index in [1.165, 1.54) is 5.69 Å². The van der Waals surface area contributed by atoms with Crippen molar-refractivity contribution in [1.29, 1.82) is 0 Å². The average Bonchev–Trinajstić information content (AvgIpc) is 3.34. The Morgan fingerprint density at radius 3 is 2.14 bits per heavy atom. The van der Waals surface area contributed by atoms with Gasteiger partial charge >= 0.3 is 0 Å². The summed E-state index contributed by atoms with van der Waals surface area (Å²) in [7, 11) is 0. The van der Waals surface area contributed by atoms with Gasteiger partial charge in [0.2, 0.25) is 5.89 Å². The van der Waals surface area contributed by atoms with Crippen LogP contribution in [0.15, 0.2) is 101 Å². The van der Waals surface area contributed by atoms with Gasteiger partial charge in [0, 0.05) is 35.6 Å². The van der Waals surface area contributed by atoms with Crippen molar-refractivity contribution in [3.63, 3.8) is 0 Å². The zero-order valence-corrected chi connectivity index (χ0v) is 19.9. The topological polar surface area (TPSA) is 58.4 Å². The molecule has 1 heterocycles. The summed E-state index contributed by atoms with van der Waals surface area (Å²) in [6.07, 6.45) is 0. The zero-order valence-electron chi connectivity index (χ0n) is 19.9. The van der Waals surface area contributed by atoms with E-state index in [0.717, 1.165) is 29.8 Å². The molecule has 0 spiro atoms. The smallest absolute Gasteiger partial charge is 0.255 e. The van der Waals surface area contributed by atoms with Crippen molar-refractivity contribution in [2.45, 2.75) is 13.8 Å².